The van der Waals surface area contributed by atoms with Crippen molar-refractivity contribution in [2.24, 2.45) is 11.8 Å². The molecule has 11 heavy (non-hydrogen) atoms. The van der Waals surface area contributed by atoms with Gasteiger partial charge in [-0.25, -0.2) is 0 Å². The number of hydrogen-bond acceptors (Lipinski definition) is 1. The summed E-state index contributed by atoms with van der Waals surface area (Å²) in [6, 6.07) is 0. The molecule has 0 fully saturated rings. The van der Waals surface area contributed by atoms with Crippen molar-refractivity contribution in [1.29, 1.82) is 0 Å². The molecule has 0 bridgehead atoms. The van der Waals surface area contributed by atoms with Crippen molar-refractivity contribution in [3.63, 3.8) is 0 Å². The molecule has 1 heteroatoms. The maximum atomic E-state index is 2.34. The van der Waals surface area contributed by atoms with Crippen LogP contribution in [0.4, 0.5) is 0 Å². The third-order valence-corrected chi connectivity index (χ3v) is 3.14. The summed E-state index contributed by atoms with van der Waals surface area (Å²) in [5, 5.41) is 0.845. The molecule has 0 amide bonds. The normalized spacial score (nSPS) is 14.5. The molecule has 0 saturated carbocycles. The maximum Gasteiger partial charge on any atom is 0.00212 e. The highest BCUT2D eigenvalue weighted by molar-refractivity contribution is 7.99. The second-order valence-corrected chi connectivity index (χ2v) is 5.64. The molecule has 1 atom stereocenters. The van der Waals surface area contributed by atoms with Gasteiger partial charge in [0.15, 0.2) is 0 Å². The lowest BCUT2D eigenvalue weighted by atomic mass is 10.1. The Morgan fingerprint density at radius 1 is 0.909 bits per heavy atom. The van der Waals surface area contributed by atoms with E-state index in [4.69, 9.17) is 0 Å². The van der Waals surface area contributed by atoms with Gasteiger partial charge in [-0.1, -0.05) is 34.6 Å². The van der Waals surface area contributed by atoms with E-state index in [1.165, 1.54) is 12.2 Å². The summed E-state index contributed by atoms with van der Waals surface area (Å²) in [6.07, 6.45) is 1.36. The Kier molecular flexibility index (Phi) is 6.12. The van der Waals surface area contributed by atoms with E-state index in [9.17, 15) is 0 Å². The molecule has 0 aromatic carbocycles. The number of rotatable bonds is 5. The van der Waals surface area contributed by atoms with Crippen molar-refractivity contribution < 1.29 is 0 Å². The van der Waals surface area contributed by atoms with Crippen LogP contribution in [0.15, 0.2) is 0 Å². The van der Waals surface area contributed by atoms with E-state index < -0.39 is 0 Å². The van der Waals surface area contributed by atoms with Crippen LogP contribution in [0.25, 0.3) is 0 Å². The van der Waals surface area contributed by atoms with Crippen LogP contribution in [0.1, 0.15) is 41.0 Å². The zero-order valence-electron chi connectivity index (χ0n) is 8.55. The van der Waals surface area contributed by atoms with Crippen LogP contribution in [0.3, 0.4) is 0 Å². The van der Waals surface area contributed by atoms with E-state index in [1.807, 2.05) is 0 Å². The lowest BCUT2D eigenvalue weighted by Crippen LogP contribution is -2.04. The van der Waals surface area contributed by atoms with Gasteiger partial charge in [-0.15, -0.1) is 0 Å². The van der Waals surface area contributed by atoms with Gasteiger partial charge in [0.25, 0.3) is 0 Å². The minimum atomic E-state index is 0.842. The highest BCUT2D eigenvalue weighted by Crippen LogP contribution is 2.20. The molecule has 0 heterocycles. The molecule has 0 N–H and O–H groups in total. The van der Waals surface area contributed by atoms with Gasteiger partial charge < -0.3 is 0 Å². The van der Waals surface area contributed by atoms with Crippen LogP contribution < -0.4 is 0 Å². The zero-order chi connectivity index (χ0) is 8.85. The minimum Gasteiger partial charge on any atom is -0.159 e. The van der Waals surface area contributed by atoms with Crippen molar-refractivity contribution in [3.8, 4) is 0 Å². The third-order valence-electron chi connectivity index (χ3n) is 1.52. The molecule has 0 saturated heterocycles. The monoisotopic (exact) mass is 174 g/mol. The van der Waals surface area contributed by atoms with Crippen LogP contribution in [0, 0.1) is 11.8 Å². The summed E-state index contributed by atoms with van der Waals surface area (Å²) in [5.41, 5.74) is 0. The summed E-state index contributed by atoms with van der Waals surface area (Å²) in [6.45, 7) is 11.5. The van der Waals surface area contributed by atoms with Crippen molar-refractivity contribution in [2.45, 2.75) is 46.3 Å². The van der Waals surface area contributed by atoms with Crippen molar-refractivity contribution in [1.82, 2.24) is 0 Å². The Bertz CT molecular complexity index is 86.9. The summed E-state index contributed by atoms with van der Waals surface area (Å²) in [4.78, 5) is 0. The lowest BCUT2D eigenvalue weighted by Gasteiger charge is -2.14. The fourth-order valence-electron chi connectivity index (χ4n) is 1.09. The largest absolute Gasteiger partial charge is 0.159 e. The van der Waals surface area contributed by atoms with Crippen molar-refractivity contribution in [3.05, 3.63) is 0 Å². The Morgan fingerprint density at radius 2 is 1.45 bits per heavy atom. The van der Waals surface area contributed by atoms with E-state index in [-0.39, 0.29) is 0 Å². The minimum absolute atomic E-state index is 0.842. The van der Waals surface area contributed by atoms with Crippen LogP contribution >= 0.6 is 11.8 Å². The second-order valence-electron chi connectivity index (χ2n) is 4.17. The molecule has 68 valence electrons. The van der Waals surface area contributed by atoms with E-state index in [2.05, 4.69) is 46.4 Å². The summed E-state index contributed by atoms with van der Waals surface area (Å²) in [7, 11) is 0. The van der Waals surface area contributed by atoms with Gasteiger partial charge in [-0.05, 0) is 24.0 Å². The quantitative estimate of drug-likeness (QED) is 0.611. The lowest BCUT2D eigenvalue weighted by molar-refractivity contribution is 0.583. The fourth-order valence-corrected chi connectivity index (χ4v) is 2.32. The molecule has 0 aliphatic carbocycles. The van der Waals surface area contributed by atoms with Crippen molar-refractivity contribution >= 4 is 11.8 Å². The highest BCUT2D eigenvalue weighted by Gasteiger charge is 2.05. The smallest absolute Gasteiger partial charge is 0.00212 e. The molecular weight excluding hydrogens is 152 g/mol. The molecule has 0 radical (unpaired) electrons. The topological polar surface area (TPSA) is 0 Å². The summed E-state index contributed by atoms with van der Waals surface area (Å²) >= 11 is 2.11. The molecule has 0 aromatic rings. The molecule has 0 spiro atoms. The van der Waals surface area contributed by atoms with Crippen LogP contribution in [-0.4, -0.2) is 11.0 Å². The molecule has 0 aliphatic rings. The highest BCUT2D eigenvalue weighted by atomic mass is 32.2. The Morgan fingerprint density at radius 3 is 1.82 bits per heavy atom. The molecule has 0 aromatic heterocycles. The SMILES string of the molecule is CC(C)CSC(C)CC(C)C. The fraction of sp³-hybridized carbons (Fsp3) is 1.00. The Balaban J connectivity index is 3.29. The summed E-state index contributed by atoms with van der Waals surface area (Å²) < 4.78 is 0. The molecular formula is C10H22S. The average molecular weight is 174 g/mol. The van der Waals surface area contributed by atoms with Crippen LogP contribution in [0.5, 0.6) is 0 Å². The number of hydrogen-bond donors (Lipinski definition) is 0. The van der Waals surface area contributed by atoms with Crippen LogP contribution in [-0.2, 0) is 0 Å². The number of thioether (sulfide) groups is 1. The third kappa shape index (κ3) is 8.25. The van der Waals surface area contributed by atoms with Gasteiger partial charge in [0, 0.05) is 5.25 Å². The molecule has 0 nitrogen and oxygen atoms in total. The van der Waals surface area contributed by atoms with Gasteiger partial charge in [-0.3, -0.25) is 0 Å². The van der Waals surface area contributed by atoms with Gasteiger partial charge in [0.05, 0.1) is 0 Å². The standard InChI is InChI=1S/C10H22S/c1-8(2)6-10(5)11-7-9(3)4/h8-10H,6-7H2,1-5H3. The Labute approximate surface area is 76.1 Å². The van der Waals surface area contributed by atoms with Crippen molar-refractivity contribution in [2.75, 3.05) is 5.75 Å². The van der Waals surface area contributed by atoms with Gasteiger partial charge in [0.2, 0.25) is 0 Å². The summed E-state index contributed by atoms with van der Waals surface area (Å²) in [5.74, 6) is 3.01. The zero-order valence-corrected chi connectivity index (χ0v) is 9.37. The van der Waals surface area contributed by atoms with Gasteiger partial charge >= 0.3 is 0 Å². The van der Waals surface area contributed by atoms with E-state index in [0.717, 1.165) is 17.1 Å². The molecule has 0 rings (SSSR count). The van der Waals surface area contributed by atoms with E-state index in [0.29, 0.717) is 0 Å². The first kappa shape index (κ1) is 11.4. The first-order chi connectivity index (χ1) is 5.02. The predicted molar refractivity (Wildman–Crippen MR) is 56.2 cm³/mol. The maximum absolute atomic E-state index is 2.34. The second kappa shape index (κ2) is 5.93. The van der Waals surface area contributed by atoms with Crippen LogP contribution in [0.2, 0.25) is 0 Å². The predicted octanol–water partition coefficient (Wildman–Crippen LogP) is 3.81. The van der Waals surface area contributed by atoms with E-state index >= 15 is 0 Å². The first-order valence-corrected chi connectivity index (χ1v) is 5.68. The Hall–Kier alpha value is 0.350. The van der Waals surface area contributed by atoms with E-state index in [1.54, 1.807) is 0 Å². The molecule has 1 unspecified atom stereocenters. The molecule has 0 aliphatic heterocycles. The average Bonchev–Trinajstić information content (AvgIpc) is 1.82. The first-order valence-electron chi connectivity index (χ1n) is 4.64. The van der Waals surface area contributed by atoms with Gasteiger partial charge in [0.1, 0.15) is 0 Å². The van der Waals surface area contributed by atoms with Gasteiger partial charge in [-0.2, -0.15) is 11.8 Å².